The molecule has 12 heteroatoms. The van der Waals surface area contributed by atoms with Crippen LogP contribution < -0.4 is 9.47 Å². The topological polar surface area (TPSA) is 122 Å². The van der Waals surface area contributed by atoms with Gasteiger partial charge in [0, 0.05) is 57.3 Å². The Kier molecular flexibility index (Phi) is 13.7. The van der Waals surface area contributed by atoms with Gasteiger partial charge in [-0.1, -0.05) is 42.3 Å². The first-order valence-electron chi connectivity index (χ1n) is 19.5. The molecule has 2 aliphatic carbocycles. The van der Waals surface area contributed by atoms with Crippen LogP contribution in [0.5, 0.6) is 11.5 Å². The maximum absolute atomic E-state index is 14.1. The highest BCUT2D eigenvalue weighted by Crippen LogP contribution is 2.62. The number of ether oxygens (including phenoxy) is 4. The van der Waals surface area contributed by atoms with Crippen LogP contribution in [-0.2, 0) is 20.9 Å². The Morgan fingerprint density at radius 1 is 1.11 bits per heavy atom. The first kappa shape index (κ1) is 39.7. The average Bonchev–Trinajstić information content (AvgIpc) is 4.00. The molecule has 0 spiro atoms. The molecule has 1 saturated heterocycles. The van der Waals surface area contributed by atoms with Crippen molar-refractivity contribution < 1.29 is 43.2 Å². The predicted octanol–water partition coefficient (Wildman–Crippen LogP) is 6.44. The van der Waals surface area contributed by atoms with Crippen molar-refractivity contribution in [3.63, 3.8) is 0 Å². The second-order valence-corrected chi connectivity index (χ2v) is 14.6. The second kappa shape index (κ2) is 18.6. The van der Waals surface area contributed by atoms with Gasteiger partial charge in [-0.05, 0) is 85.9 Å². The fraction of sp³-hybridized carbons (Fsp3) is 0.571. The zero-order valence-electron chi connectivity index (χ0n) is 31.7. The first-order valence-corrected chi connectivity index (χ1v) is 19.5. The highest BCUT2D eigenvalue weighted by molar-refractivity contribution is 6.02. The number of nitrogens with zero attached hydrogens (tertiary/aromatic N) is 3. The molecule has 54 heavy (non-hydrogen) atoms. The quantitative estimate of drug-likeness (QED) is 0.0682. The summed E-state index contributed by atoms with van der Waals surface area (Å²) < 4.78 is 40.3. The molecule has 2 aromatic rings. The molecule has 0 bridgehead atoms. The van der Waals surface area contributed by atoms with Crippen molar-refractivity contribution in [3.8, 4) is 11.5 Å². The van der Waals surface area contributed by atoms with Crippen LogP contribution >= 0.6 is 0 Å². The number of amides is 1. The number of benzene rings is 2. The van der Waals surface area contributed by atoms with Crippen LogP contribution in [0.1, 0.15) is 68.9 Å². The Morgan fingerprint density at radius 2 is 1.87 bits per heavy atom. The van der Waals surface area contributed by atoms with Crippen molar-refractivity contribution in [1.82, 2.24) is 9.80 Å². The first-order chi connectivity index (χ1) is 26.4. The van der Waals surface area contributed by atoms with Gasteiger partial charge >= 0.3 is 6.09 Å². The predicted molar refractivity (Wildman–Crippen MR) is 203 cm³/mol. The summed E-state index contributed by atoms with van der Waals surface area (Å²) in [5, 5.41) is 24.2. The van der Waals surface area contributed by atoms with Crippen molar-refractivity contribution in [2.24, 2.45) is 22.9 Å². The Balaban J connectivity index is 1.55. The summed E-state index contributed by atoms with van der Waals surface area (Å²) in [5.41, 5.74) is 3.33. The van der Waals surface area contributed by atoms with E-state index in [1.807, 2.05) is 12.1 Å². The molecule has 294 valence electrons. The largest absolute Gasteiger partial charge is 0.492 e. The smallest absolute Gasteiger partial charge is 0.410 e. The summed E-state index contributed by atoms with van der Waals surface area (Å²) in [6.45, 7) is 9.97. The third-order valence-electron chi connectivity index (χ3n) is 11.2. The Morgan fingerprint density at radius 3 is 2.56 bits per heavy atom. The van der Waals surface area contributed by atoms with Crippen molar-refractivity contribution in [2.45, 2.75) is 76.2 Å². The monoisotopic (exact) mass is 749 g/mol. The Bertz CT molecular complexity index is 1630. The van der Waals surface area contributed by atoms with Crippen molar-refractivity contribution in [2.75, 3.05) is 59.8 Å². The Labute approximate surface area is 318 Å². The fourth-order valence-corrected chi connectivity index (χ4v) is 8.73. The molecule has 2 aromatic carbocycles. The molecule has 2 heterocycles. The summed E-state index contributed by atoms with van der Waals surface area (Å²) in [6, 6.07) is 11.3. The number of carbonyl (C=O) groups excluding carboxylic acids is 1. The van der Waals surface area contributed by atoms with Gasteiger partial charge in [-0.25, -0.2) is 9.18 Å². The van der Waals surface area contributed by atoms with E-state index in [0.717, 1.165) is 62.2 Å². The summed E-state index contributed by atoms with van der Waals surface area (Å²) in [7, 11) is 1.52. The van der Waals surface area contributed by atoms with E-state index in [4.69, 9.17) is 23.8 Å². The van der Waals surface area contributed by atoms with Crippen LogP contribution in [0.2, 0.25) is 0 Å². The molecule has 0 unspecified atom stereocenters. The van der Waals surface area contributed by atoms with E-state index in [0.29, 0.717) is 36.5 Å². The number of hydrogen-bond acceptors (Lipinski definition) is 10. The lowest BCUT2D eigenvalue weighted by atomic mass is 9.55. The number of oxime groups is 1. The molecule has 2 aliphatic heterocycles. The standard InChI is InChI=1S/C42H56FN3O8/c1-4-23-53-42-38(46(41(49)51-5-2)28-29-12-14-31(43)15-13-29)27-36(44-50-3)34-25-30(10-6-8-21-47)33(11-7-9-22-48)39(40(34)42)35-26-32(16-17-37(35)54-42)52-24-20-45-18-19-45/h4,12-17,25-26,30,33,38-40,47-48H,1,5-11,18-24,27-28H2,2-3H3/t30-,33+,38-,39+,40+,42+/m0/s1. The van der Waals surface area contributed by atoms with Gasteiger partial charge in [0.05, 0.1) is 24.8 Å². The van der Waals surface area contributed by atoms with Gasteiger partial charge in [-0.3, -0.25) is 9.80 Å². The number of hydrogen-bond donors (Lipinski definition) is 2. The Hall–Kier alpha value is -3.97. The fourth-order valence-electron chi connectivity index (χ4n) is 8.73. The maximum atomic E-state index is 14.1. The van der Waals surface area contributed by atoms with Crippen molar-refractivity contribution >= 4 is 11.8 Å². The summed E-state index contributed by atoms with van der Waals surface area (Å²) in [5.74, 6) is -0.837. The summed E-state index contributed by atoms with van der Waals surface area (Å²) in [4.78, 5) is 23.6. The molecule has 1 amide bonds. The normalized spacial score (nSPS) is 26.2. The van der Waals surface area contributed by atoms with Crippen LogP contribution in [0, 0.1) is 23.6 Å². The van der Waals surface area contributed by atoms with Gasteiger partial charge in [0.15, 0.2) is 0 Å². The van der Waals surface area contributed by atoms with Gasteiger partial charge in [-0.15, -0.1) is 6.58 Å². The van der Waals surface area contributed by atoms with E-state index in [9.17, 15) is 19.4 Å². The number of fused-ring (bicyclic) bond motifs is 2. The molecule has 2 N–H and O–H groups in total. The van der Waals surface area contributed by atoms with E-state index in [1.54, 1.807) is 30.0 Å². The molecule has 6 rings (SSSR count). The molecule has 4 aliphatic rings. The number of halogens is 1. The number of allylic oxidation sites excluding steroid dienone is 1. The number of carbonyl (C=O) groups is 1. The number of unbranched alkanes of at least 4 members (excludes halogenated alkanes) is 2. The minimum atomic E-state index is -1.43. The van der Waals surface area contributed by atoms with Gasteiger partial charge in [0.1, 0.15) is 37.1 Å². The van der Waals surface area contributed by atoms with Crippen LogP contribution in [0.25, 0.3) is 0 Å². The number of rotatable bonds is 20. The highest BCUT2D eigenvalue weighted by atomic mass is 19.1. The number of aliphatic hydroxyl groups excluding tert-OH is 2. The van der Waals surface area contributed by atoms with Gasteiger partial charge in [-0.2, -0.15) is 0 Å². The van der Waals surface area contributed by atoms with Gasteiger partial charge < -0.3 is 34.0 Å². The zero-order chi connectivity index (χ0) is 38.1. The van der Waals surface area contributed by atoms with Crippen molar-refractivity contribution in [1.29, 1.82) is 0 Å². The molecule has 1 saturated carbocycles. The molecule has 0 radical (unpaired) electrons. The minimum Gasteiger partial charge on any atom is -0.492 e. The summed E-state index contributed by atoms with van der Waals surface area (Å²) in [6.07, 6.45) is 8.34. The van der Waals surface area contributed by atoms with Crippen LogP contribution in [0.15, 0.2) is 71.9 Å². The third-order valence-corrected chi connectivity index (χ3v) is 11.2. The van der Waals surface area contributed by atoms with E-state index < -0.39 is 23.8 Å². The second-order valence-electron chi connectivity index (χ2n) is 14.6. The molecule has 11 nitrogen and oxygen atoms in total. The lowest BCUT2D eigenvalue weighted by Crippen LogP contribution is -2.70. The van der Waals surface area contributed by atoms with Crippen LogP contribution in [-0.4, -0.2) is 103 Å². The average molecular weight is 750 g/mol. The maximum Gasteiger partial charge on any atom is 0.410 e. The molecular weight excluding hydrogens is 693 g/mol. The van der Waals surface area contributed by atoms with E-state index in [1.165, 1.54) is 19.2 Å². The lowest BCUT2D eigenvalue weighted by Gasteiger charge is -2.59. The SMILES string of the molecule is C=CCO[C@@]12Oc3ccc(OCCN4CC4)cc3[C@H]3[C@H](CCCCO)[C@@H](CCCCO)C=C(C(=NOC)C[C@@H]1N(Cc1ccc(F)cc1)C(=O)OCC)[C@H]32. The van der Waals surface area contributed by atoms with Crippen LogP contribution in [0.4, 0.5) is 9.18 Å². The molecule has 2 fully saturated rings. The minimum absolute atomic E-state index is 0.0851. The number of aliphatic hydroxyl groups is 2. The van der Waals surface area contributed by atoms with E-state index in [2.05, 4.69) is 28.8 Å². The molecular formula is C42H56FN3O8. The van der Waals surface area contributed by atoms with Gasteiger partial charge in [0.2, 0.25) is 5.79 Å². The molecule has 0 aromatic heterocycles. The van der Waals surface area contributed by atoms with E-state index >= 15 is 0 Å². The zero-order valence-corrected chi connectivity index (χ0v) is 31.7. The third kappa shape index (κ3) is 8.77. The van der Waals surface area contributed by atoms with Crippen LogP contribution in [0.3, 0.4) is 0 Å². The lowest BCUT2D eigenvalue weighted by molar-refractivity contribution is -0.256. The highest BCUT2D eigenvalue weighted by Gasteiger charge is 2.65. The van der Waals surface area contributed by atoms with Gasteiger partial charge in [0.25, 0.3) is 0 Å². The van der Waals surface area contributed by atoms with Crippen molar-refractivity contribution in [3.05, 3.63) is 83.7 Å². The summed E-state index contributed by atoms with van der Waals surface area (Å²) >= 11 is 0. The molecule has 6 atom stereocenters. The van der Waals surface area contributed by atoms with E-state index in [-0.39, 0.29) is 63.0 Å².